The Balaban J connectivity index is 1.89. The van der Waals surface area contributed by atoms with Crippen molar-refractivity contribution >= 4 is 23.7 Å². The van der Waals surface area contributed by atoms with Gasteiger partial charge in [0.1, 0.15) is 6.04 Å². The summed E-state index contributed by atoms with van der Waals surface area (Å²) in [7, 11) is 1.31. The van der Waals surface area contributed by atoms with Crippen molar-refractivity contribution in [3.63, 3.8) is 0 Å². The van der Waals surface area contributed by atoms with Crippen LogP contribution >= 0.6 is 0 Å². The Morgan fingerprint density at radius 1 is 1.12 bits per heavy atom. The number of carbonyl (C=O) groups is 4. The van der Waals surface area contributed by atoms with Gasteiger partial charge in [0.05, 0.1) is 25.9 Å². The van der Waals surface area contributed by atoms with Crippen LogP contribution in [-0.4, -0.2) is 60.5 Å². The van der Waals surface area contributed by atoms with Crippen LogP contribution in [0.4, 0.5) is 0 Å². The number of Topliss-reactive ketones (excluding diaryl/α,β-unsaturated/α-hetero) is 1. The van der Waals surface area contributed by atoms with Gasteiger partial charge in [-0.15, -0.1) is 0 Å². The van der Waals surface area contributed by atoms with Gasteiger partial charge in [-0.3, -0.25) is 24.1 Å². The fourth-order valence-corrected chi connectivity index (χ4v) is 6.23. The van der Waals surface area contributed by atoms with Crippen LogP contribution in [-0.2, 0) is 28.6 Å². The number of nitrogens with zero attached hydrogens (tertiary/aromatic N) is 1. The number of methoxy groups -OCH3 is 1. The maximum Gasteiger partial charge on any atom is 0.323 e. The third-order valence-electron chi connectivity index (χ3n) is 7.40. The number of ether oxygens (including phenoxy) is 3. The van der Waals surface area contributed by atoms with Gasteiger partial charge in [-0.1, -0.05) is 24.3 Å². The smallest absolute Gasteiger partial charge is 0.323 e. The monoisotopic (exact) mass is 443 g/mol. The molecule has 2 bridgehead atoms. The number of esters is 3. The minimum absolute atomic E-state index is 0.0761. The third-order valence-corrected chi connectivity index (χ3v) is 7.40. The molecule has 2 heterocycles. The molecule has 0 aromatic heterocycles. The summed E-state index contributed by atoms with van der Waals surface area (Å²) >= 11 is 0. The molecule has 0 N–H and O–H groups in total. The molecule has 4 atom stereocenters. The Morgan fingerprint density at radius 2 is 1.75 bits per heavy atom. The van der Waals surface area contributed by atoms with E-state index in [-0.39, 0.29) is 43.8 Å². The molecule has 2 aliphatic heterocycles. The number of hydrogen-bond acceptors (Lipinski definition) is 8. The topological polar surface area (TPSA) is 99.2 Å². The van der Waals surface area contributed by atoms with Crippen molar-refractivity contribution < 1.29 is 33.4 Å². The molecule has 0 unspecified atom stereocenters. The zero-order chi connectivity index (χ0) is 23.3. The Labute approximate surface area is 187 Å². The van der Waals surface area contributed by atoms with Crippen LogP contribution < -0.4 is 0 Å². The van der Waals surface area contributed by atoms with Crippen LogP contribution in [0.3, 0.4) is 0 Å². The summed E-state index contributed by atoms with van der Waals surface area (Å²) in [6.45, 7) is 5.28. The van der Waals surface area contributed by atoms with Gasteiger partial charge in [-0.05, 0) is 45.1 Å². The number of ketones is 1. The van der Waals surface area contributed by atoms with Crippen molar-refractivity contribution in [2.45, 2.75) is 57.7 Å². The van der Waals surface area contributed by atoms with Crippen LogP contribution in [0.15, 0.2) is 24.3 Å². The maximum atomic E-state index is 14.1. The predicted octanol–water partition coefficient (Wildman–Crippen LogP) is 2.45. The van der Waals surface area contributed by atoms with E-state index < -0.39 is 34.9 Å². The number of rotatable bonds is 6. The van der Waals surface area contributed by atoms with Gasteiger partial charge in [0.2, 0.25) is 0 Å². The van der Waals surface area contributed by atoms with E-state index >= 15 is 0 Å². The number of fused-ring (bicyclic) bond motifs is 3. The van der Waals surface area contributed by atoms with E-state index in [1.165, 1.54) is 7.11 Å². The Kier molecular flexibility index (Phi) is 5.61. The summed E-state index contributed by atoms with van der Waals surface area (Å²) in [4.78, 5) is 54.8. The molecule has 172 valence electrons. The van der Waals surface area contributed by atoms with Crippen LogP contribution in [0.25, 0.3) is 0 Å². The molecule has 8 nitrogen and oxygen atoms in total. The first-order valence-electron chi connectivity index (χ1n) is 11.1. The second kappa shape index (κ2) is 7.99. The summed E-state index contributed by atoms with van der Waals surface area (Å²) < 4.78 is 15.6. The predicted molar refractivity (Wildman–Crippen MR) is 113 cm³/mol. The molecule has 4 rings (SSSR count). The lowest BCUT2D eigenvalue weighted by Crippen LogP contribution is -2.61. The summed E-state index contributed by atoms with van der Waals surface area (Å²) in [5.41, 5.74) is -1.33. The van der Waals surface area contributed by atoms with E-state index in [0.717, 1.165) is 5.56 Å². The Bertz CT molecular complexity index is 955. The van der Waals surface area contributed by atoms with Crippen molar-refractivity contribution in [2.75, 3.05) is 20.3 Å². The molecule has 3 aliphatic rings. The molecule has 32 heavy (non-hydrogen) atoms. The van der Waals surface area contributed by atoms with E-state index in [4.69, 9.17) is 14.2 Å². The molecular weight excluding hydrogens is 414 g/mol. The lowest BCUT2D eigenvalue weighted by Gasteiger charge is -2.47. The first kappa shape index (κ1) is 22.5. The highest BCUT2D eigenvalue weighted by Crippen LogP contribution is 2.65. The van der Waals surface area contributed by atoms with E-state index in [0.29, 0.717) is 12.0 Å². The number of hydrogen-bond donors (Lipinski definition) is 0. The molecule has 8 heteroatoms. The van der Waals surface area contributed by atoms with Crippen LogP contribution in [0.2, 0.25) is 0 Å². The van der Waals surface area contributed by atoms with Gasteiger partial charge < -0.3 is 14.2 Å². The molecule has 1 aromatic carbocycles. The van der Waals surface area contributed by atoms with Gasteiger partial charge in [-0.25, -0.2) is 0 Å². The van der Waals surface area contributed by atoms with Gasteiger partial charge >= 0.3 is 17.9 Å². The standard InChI is InChI=1S/C24H29NO7/c1-5-31-21(28)23(22(29)32-6-2)12-15-11-18-16-9-7-8-10-17(16)19(26)24(15,13-23)25(18)14(3)20(27)30-4/h7-10,14-15,18H,5-6,11-13H2,1-4H3/t14-,15+,18+,24-/m1/s1. The van der Waals surface area contributed by atoms with Crippen molar-refractivity contribution in [3.8, 4) is 0 Å². The largest absolute Gasteiger partial charge is 0.468 e. The highest BCUT2D eigenvalue weighted by molar-refractivity contribution is 6.10. The number of benzene rings is 1. The lowest BCUT2D eigenvalue weighted by atomic mass is 9.75. The average Bonchev–Trinajstić information content (AvgIpc) is 3.26. The Hall–Kier alpha value is -2.74. The van der Waals surface area contributed by atoms with Crippen molar-refractivity contribution in [3.05, 3.63) is 35.4 Å². The van der Waals surface area contributed by atoms with Crippen LogP contribution in [0, 0.1) is 11.3 Å². The van der Waals surface area contributed by atoms with Crippen molar-refractivity contribution in [2.24, 2.45) is 11.3 Å². The molecule has 1 aliphatic carbocycles. The minimum Gasteiger partial charge on any atom is -0.468 e. The Morgan fingerprint density at radius 3 is 2.34 bits per heavy atom. The lowest BCUT2D eigenvalue weighted by molar-refractivity contribution is -0.172. The molecule has 1 saturated carbocycles. The SMILES string of the molecule is CCOC(=O)C1(C(=O)OCC)C[C@@H]2C[C@H]3c4ccccc4C(=O)[C@]2(C1)N3[C@H](C)C(=O)OC. The fourth-order valence-electron chi connectivity index (χ4n) is 6.23. The summed E-state index contributed by atoms with van der Waals surface area (Å²) in [6.07, 6.45) is 0.614. The summed E-state index contributed by atoms with van der Waals surface area (Å²) in [5, 5.41) is 0. The van der Waals surface area contributed by atoms with E-state index in [2.05, 4.69) is 0 Å². The zero-order valence-electron chi connectivity index (χ0n) is 18.9. The first-order chi connectivity index (χ1) is 15.3. The fraction of sp³-hybridized carbons (Fsp3) is 0.583. The second-order valence-electron chi connectivity index (χ2n) is 8.80. The number of carbonyl (C=O) groups excluding carboxylic acids is 4. The highest BCUT2D eigenvalue weighted by atomic mass is 16.6. The quantitative estimate of drug-likeness (QED) is 0.376. The van der Waals surface area contributed by atoms with E-state index in [1.54, 1.807) is 32.9 Å². The van der Waals surface area contributed by atoms with Crippen molar-refractivity contribution in [1.29, 1.82) is 0 Å². The third kappa shape index (κ3) is 2.85. The minimum atomic E-state index is -1.59. The van der Waals surface area contributed by atoms with E-state index in [9.17, 15) is 19.2 Å². The summed E-state index contributed by atoms with van der Waals surface area (Å²) in [5.74, 6) is -2.29. The second-order valence-corrected chi connectivity index (χ2v) is 8.80. The maximum absolute atomic E-state index is 14.1. The van der Waals surface area contributed by atoms with Gasteiger partial charge in [0, 0.05) is 18.0 Å². The normalized spacial score (nSPS) is 28.4. The van der Waals surface area contributed by atoms with Gasteiger partial charge in [0.15, 0.2) is 11.2 Å². The van der Waals surface area contributed by atoms with Crippen LogP contribution in [0.5, 0.6) is 0 Å². The summed E-state index contributed by atoms with van der Waals surface area (Å²) in [6, 6.07) is 6.45. The van der Waals surface area contributed by atoms with Crippen molar-refractivity contribution in [1.82, 2.24) is 4.90 Å². The van der Waals surface area contributed by atoms with Crippen LogP contribution in [0.1, 0.15) is 62.0 Å². The zero-order valence-corrected chi connectivity index (χ0v) is 18.9. The molecule has 0 amide bonds. The van der Waals surface area contributed by atoms with Gasteiger partial charge in [-0.2, -0.15) is 0 Å². The van der Waals surface area contributed by atoms with E-state index in [1.807, 2.05) is 17.0 Å². The highest BCUT2D eigenvalue weighted by Gasteiger charge is 2.74. The molecule has 1 spiro atoms. The molecular formula is C24H29NO7. The first-order valence-corrected chi connectivity index (χ1v) is 11.1. The average molecular weight is 443 g/mol. The molecule has 0 radical (unpaired) electrons. The molecule has 1 saturated heterocycles. The molecule has 1 aromatic rings. The van der Waals surface area contributed by atoms with Gasteiger partial charge in [0.25, 0.3) is 0 Å². The molecule has 2 fully saturated rings.